The van der Waals surface area contributed by atoms with E-state index < -0.39 is 29.2 Å². The van der Waals surface area contributed by atoms with E-state index in [0.29, 0.717) is 6.42 Å². The van der Waals surface area contributed by atoms with Crippen molar-refractivity contribution >= 4 is 5.71 Å². The molecule has 0 bridgehead atoms. The Morgan fingerprint density at radius 1 is 0.857 bits per heavy atom. The maximum Gasteiger partial charge on any atom is 0.198 e. The van der Waals surface area contributed by atoms with E-state index in [2.05, 4.69) is 4.99 Å². The second-order valence-electron chi connectivity index (χ2n) is 5.81. The normalized spacial score (nSPS) is 15.0. The summed E-state index contributed by atoms with van der Waals surface area (Å²) in [7, 11) is 0. The zero-order chi connectivity index (χ0) is 15.9. The highest BCUT2D eigenvalue weighted by Gasteiger charge is 2.30. The van der Waals surface area contributed by atoms with Crippen molar-refractivity contribution in [3.63, 3.8) is 0 Å². The van der Waals surface area contributed by atoms with E-state index in [-0.39, 0.29) is 22.8 Å². The lowest BCUT2D eigenvalue weighted by Crippen LogP contribution is -2.15. The number of benzene rings is 1. The Balaban J connectivity index is 2.60. The SMILES string of the molecule is CC(C)C1=CN=C(c2c(F)c(F)c(F)c(F)c2C(C)C)C1. The molecule has 1 aromatic rings. The van der Waals surface area contributed by atoms with Crippen LogP contribution in [0.2, 0.25) is 0 Å². The van der Waals surface area contributed by atoms with Crippen molar-refractivity contribution in [1.29, 1.82) is 0 Å². The van der Waals surface area contributed by atoms with E-state index in [9.17, 15) is 17.6 Å². The number of hydrogen-bond donors (Lipinski definition) is 0. The van der Waals surface area contributed by atoms with Crippen molar-refractivity contribution in [3.8, 4) is 0 Å². The quantitative estimate of drug-likeness (QED) is 0.418. The molecule has 0 saturated carbocycles. The largest absolute Gasteiger partial charge is 0.260 e. The van der Waals surface area contributed by atoms with Gasteiger partial charge in [-0.3, -0.25) is 4.99 Å². The van der Waals surface area contributed by atoms with Crippen LogP contribution in [-0.4, -0.2) is 5.71 Å². The van der Waals surface area contributed by atoms with Gasteiger partial charge in [0.25, 0.3) is 0 Å². The third-order valence-corrected chi connectivity index (χ3v) is 3.67. The number of allylic oxidation sites excluding steroid dienone is 1. The summed E-state index contributed by atoms with van der Waals surface area (Å²) >= 11 is 0. The number of nitrogens with zero attached hydrogens (tertiary/aromatic N) is 1. The van der Waals surface area contributed by atoms with Gasteiger partial charge in [-0.05, 0) is 17.4 Å². The Labute approximate surface area is 121 Å². The molecule has 5 heteroatoms. The Kier molecular flexibility index (Phi) is 4.21. The Morgan fingerprint density at radius 3 is 1.90 bits per heavy atom. The number of halogens is 4. The third-order valence-electron chi connectivity index (χ3n) is 3.67. The summed E-state index contributed by atoms with van der Waals surface area (Å²) in [5, 5.41) is 0. The van der Waals surface area contributed by atoms with Crippen LogP contribution >= 0.6 is 0 Å². The lowest BCUT2D eigenvalue weighted by molar-refractivity contribution is 0.400. The van der Waals surface area contributed by atoms with Gasteiger partial charge in [0.15, 0.2) is 23.3 Å². The zero-order valence-electron chi connectivity index (χ0n) is 12.4. The van der Waals surface area contributed by atoms with Crippen LogP contribution in [0.3, 0.4) is 0 Å². The van der Waals surface area contributed by atoms with E-state index in [4.69, 9.17) is 0 Å². The highest BCUT2D eigenvalue weighted by atomic mass is 19.2. The number of aliphatic imine (C=N–C) groups is 1. The van der Waals surface area contributed by atoms with Crippen molar-refractivity contribution in [1.82, 2.24) is 0 Å². The van der Waals surface area contributed by atoms with Gasteiger partial charge < -0.3 is 0 Å². The predicted molar refractivity (Wildman–Crippen MR) is 74.4 cm³/mol. The molecule has 1 heterocycles. The summed E-state index contributed by atoms with van der Waals surface area (Å²) in [5.41, 5.74) is 0.791. The van der Waals surface area contributed by atoms with Gasteiger partial charge in [-0.15, -0.1) is 0 Å². The fraction of sp³-hybridized carbons (Fsp3) is 0.438. The fourth-order valence-electron chi connectivity index (χ4n) is 2.42. The Hall–Kier alpha value is -1.65. The van der Waals surface area contributed by atoms with E-state index in [1.165, 1.54) is 0 Å². The highest BCUT2D eigenvalue weighted by Crippen LogP contribution is 2.33. The molecule has 0 unspecified atom stereocenters. The lowest BCUT2D eigenvalue weighted by atomic mass is 9.89. The molecule has 1 aromatic carbocycles. The summed E-state index contributed by atoms with van der Waals surface area (Å²) in [6.45, 7) is 7.11. The van der Waals surface area contributed by atoms with Crippen LogP contribution < -0.4 is 0 Å². The number of rotatable bonds is 3. The summed E-state index contributed by atoms with van der Waals surface area (Å²) in [5.74, 6) is -6.54. The van der Waals surface area contributed by atoms with Gasteiger partial charge in [0, 0.05) is 23.7 Å². The van der Waals surface area contributed by atoms with Crippen molar-refractivity contribution in [3.05, 3.63) is 46.2 Å². The molecule has 0 amide bonds. The minimum atomic E-state index is -1.78. The van der Waals surface area contributed by atoms with Crippen LogP contribution in [0.1, 0.15) is 51.2 Å². The van der Waals surface area contributed by atoms with Crippen LogP contribution in [0, 0.1) is 29.2 Å². The van der Waals surface area contributed by atoms with Gasteiger partial charge in [-0.2, -0.15) is 0 Å². The van der Waals surface area contributed by atoms with Crippen molar-refractivity contribution in [2.24, 2.45) is 10.9 Å². The van der Waals surface area contributed by atoms with Crippen molar-refractivity contribution < 1.29 is 17.6 Å². The minimum absolute atomic E-state index is 0.163. The first-order valence-corrected chi connectivity index (χ1v) is 6.87. The maximum absolute atomic E-state index is 14.2. The second kappa shape index (κ2) is 5.62. The first-order chi connectivity index (χ1) is 9.75. The molecule has 1 nitrogen and oxygen atoms in total. The molecule has 1 aliphatic heterocycles. The van der Waals surface area contributed by atoms with Gasteiger partial charge in [0.05, 0.1) is 5.71 Å². The fourth-order valence-corrected chi connectivity index (χ4v) is 2.42. The molecule has 0 atom stereocenters. The molecule has 0 N–H and O–H groups in total. The summed E-state index contributed by atoms with van der Waals surface area (Å²) in [6, 6.07) is 0. The maximum atomic E-state index is 14.2. The molecule has 21 heavy (non-hydrogen) atoms. The van der Waals surface area contributed by atoms with Gasteiger partial charge in [0.2, 0.25) is 0 Å². The second-order valence-corrected chi connectivity index (χ2v) is 5.81. The molecule has 0 aliphatic carbocycles. The van der Waals surface area contributed by atoms with Gasteiger partial charge in [-0.25, -0.2) is 17.6 Å². The van der Waals surface area contributed by atoms with E-state index >= 15 is 0 Å². The Bertz CT molecular complexity index is 642. The van der Waals surface area contributed by atoms with Crippen LogP contribution in [-0.2, 0) is 0 Å². The van der Waals surface area contributed by atoms with Gasteiger partial charge >= 0.3 is 0 Å². The molecule has 1 aliphatic rings. The van der Waals surface area contributed by atoms with Crippen LogP contribution in [0.5, 0.6) is 0 Å². The molecule has 0 radical (unpaired) electrons. The van der Waals surface area contributed by atoms with E-state index in [0.717, 1.165) is 5.57 Å². The van der Waals surface area contributed by atoms with Crippen LogP contribution in [0.4, 0.5) is 17.6 Å². The average molecular weight is 299 g/mol. The zero-order valence-corrected chi connectivity index (χ0v) is 12.4. The first kappa shape index (κ1) is 15.7. The average Bonchev–Trinajstić information content (AvgIpc) is 2.89. The minimum Gasteiger partial charge on any atom is -0.260 e. The molecule has 114 valence electrons. The monoisotopic (exact) mass is 299 g/mol. The molecular weight excluding hydrogens is 282 g/mol. The van der Waals surface area contributed by atoms with Gasteiger partial charge in [0.1, 0.15) is 0 Å². The molecule has 0 spiro atoms. The summed E-state index contributed by atoms with van der Waals surface area (Å²) in [4.78, 5) is 4.08. The van der Waals surface area contributed by atoms with Crippen molar-refractivity contribution in [2.75, 3.05) is 0 Å². The molecule has 0 aromatic heterocycles. The summed E-state index contributed by atoms with van der Waals surface area (Å²) < 4.78 is 55.2. The molecule has 0 saturated heterocycles. The van der Waals surface area contributed by atoms with Crippen molar-refractivity contribution in [2.45, 2.75) is 40.0 Å². The molecule has 0 fully saturated rings. The smallest absolute Gasteiger partial charge is 0.198 e. The predicted octanol–water partition coefficient (Wildman–Crippen LogP) is 5.10. The van der Waals surface area contributed by atoms with E-state index in [1.807, 2.05) is 13.8 Å². The highest BCUT2D eigenvalue weighted by molar-refractivity contribution is 6.05. The van der Waals surface area contributed by atoms with E-state index in [1.54, 1.807) is 20.0 Å². The standard InChI is InChI=1S/C16H17F4N/c1-7(2)9-5-10(21-6-9)12-11(8(3)4)13(17)15(19)16(20)14(12)18/h6-8H,5H2,1-4H3. The van der Waals surface area contributed by atoms with Crippen LogP contribution in [0.15, 0.2) is 16.8 Å². The third kappa shape index (κ3) is 2.61. The first-order valence-electron chi connectivity index (χ1n) is 6.87. The summed E-state index contributed by atoms with van der Waals surface area (Å²) in [6.07, 6.45) is 1.90. The Morgan fingerprint density at radius 2 is 1.43 bits per heavy atom. The van der Waals surface area contributed by atoms with Gasteiger partial charge in [-0.1, -0.05) is 27.7 Å². The lowest BCUT2D eigenvalue weighted by Gasteiger charge is -2.17. The molecule has 2 rings (SSSR count). The molecular formula is C16H17F4N. The van der Waals surface area contributed by atoms with Crippen LogP contribution in [0.25, 0.3) is 0 Å². The topological polar surface area (TPSA) is 12.4 Å². The number of hydrogen-bond acceptors (Lipinski definition) is 1.